The molecule has 1 heterocycles. The summed E-state index contributed by atoms with van der Waals surface area (Å²) in [6.45, 7) is 3.08. The van der Waals surface area contributed by atoms with E-state index in [9.17, 15) is 0 Å². The smallest absolute Gasteiger partial charge is 0.169 e. The molecule has 0 N–H and O–H groups in total. The van der Waals surface area contributed by atoms with Crippen LogP contribution in [0.25, 0.3) is 12.2 Å². The van der Waals surface area contributed by atoms with Gasteiger partial charge in [-0.3, -0.25) is 0 Å². The van der Waals surface area contributed by atoms with Gasteiger partial charge in [-0.05, 0) is 24.6 Å². The van der Waals surface area contributed by atoms with Crippen LogP contribution in [-0.2, 0) is 6.54 Å². The number of pyridine rings is 1. The van der Waals surface area contributed by atoms with E-state index >= 15 is 0 Å². The van der Waals surface area contributed by atoms with Crippen molar-refractivity contribution in [3.05, 3.63) is 63.9 Å². The van der Waals surface area contributed by atoms with Crippen LogP contribution in [0, 0.1) is 0 Å². The molecule has 2 aromatic rings. The number of aromatic nitrogens is 1. The van der Waals surface area contributed by atoms with Gasteiger partial charge in [0.15, 0.2) is 12.4 Å². The molecule has 1 nitrogen and oxygen atoms in total. The summed E-state index contributed by atoms with van der Waals surface area (Å²) < 4.78 is 2.11. The van der Waals surface area contributed by atoms with Crippen LogP contribution >= 0.6 is 23.2 Å². The molecule has 0 bridgehead atoms. The lowest BCUT2D eigenvalue weighted by atomic mass is 10.1. The molecule has 0 fully saturated rings. The Bertz CT molecular complexity index is 539. The standard InChI is InChI=1S/C15H14Cl2N/c1-2-18-10-8-12(9-11-18)6-7-13-14(16)4-3-5-15(13)17/h3-11H,2H2,1H3/q+1/b7-6-. The van der Waals surface area contributed by atoms with Crippen LogP contribution in [0.15, 0.2) is 42.7 Å². The van der Waals surface area contributed by atoms with Crippen LogP contribution in [0.1, 0.15) is 18.1 Å². The van der Waals surface area contributed by atoms with Gasteiger partial charge in [-0.15, -0.1) is 0 Å². The highest BCUT2D eigenvalue weighted by Crippen LogP contribution is 2.26. The van der Waals surface area contributed by atoms with Crippen LogP contribution in [0.5, 0.6) is 0 Å². The minimum Gasteiger partial charge on any atom is -0.205 e. The molecule has 0 atom stereocenters. The van der Waals surface area contributed by atoms with Gasteiger partial charge in [-0.1, -0.05) is 41.4 Å². The molecule has 0 amide bonds. The predicted octanol–water partition coefficient (Wildman–Crippen LogP) is 4.47. The largest absolute Gasteiger partial charge is 0.205 e. The third kappa shape index (κ3) is 3.12. The molecule has 2 rings (SSSR count). The Morgan fingerprint density at radius 3 is 2.17 bits per heavy atom. The van der Waals surface area contributed by atoms with Crippen molar-refractivity contribution in [2.45, 2.75) is 13.5 Å². The van der Waals surface area contributed by atoms with E-state index in [1.54, 1.807) is 0 Å². The molecule has 92 valence electrons. The fraction of sp³-hybridized carbons (Fsp3) is 0.133. The van der Waals surface area contributed by atoms with Crippen molar-refractivity contribution < 1.29 is 4.57 Å². The Morgan fingerprint density at radius 2 is 1.61 bits per heavy atom. The van der Waals surface area contributed by atoms with E-state index in [0.717, 1.165) is 17.7 Å². The minimum absolute atomic E-state index is 0.665. The molecule has 0 aliphatic heterocycles. The highest BCUT2D eigenvalue weighted by atomic mass is 35.5. The molecule has 0 aliphatic rings. The Balaban J connectivity index is 2.24. The number of benzene rings is 1. The number of rotatable bonds is 3. The maximum absolute atomic E-state index is 6.10. The van der Waals surface area contributed by atoms with Gasteiger partial charge < -0.3 is 0 Å². The summed E-state index contributed by atoms with van der Waals surface area (Å²) >= 11 is 12.2. The quantitative estimate of drug-likeness (QED) is 0.730. The molecule has 18 heavy (non-hydrogen) atoms. The van der Waals surface area contributed by atoms with E-state index in [0.29, 0.717) is 10.0 Å². The van der Waals surface area contributed by atoms with Crippen molar-refractivity contribution in [1.82, 2.24) is 0 Å². The first kappa shape index (κ1) is 13.1. The van der Waals surface area contributed by atoms with Crippen molar-refractivity contribution in [2.75, 3.05) is 0 Å². The molecule has 3 heteroatoms. The van der Waals surface area contributed by atoms with Gasteiger partial charge in [0.05, 0.1) is 0 Å². The minimum atomic E-state index is 0.665. The second-order valence-corrected chi connectivity index (χ2v) is 4.74. The Kier molecular flexibility index (Phi) is 4.40. The maximum Gasteiger partial charge on any atom is 0.169 e. The average Bonchev–Trinajstić information content (AvgIpc) is 2.39. The molecule has 0 unspecified atom stereocenters. The summed E-state index contributed by atoms with van der Waals surface area (Å²) in [7, 11) is 0. The van der Waals surface area contributed by atoms with E-state index in [2.05, 4.69) is 23.6 Å². The number of aryl methyl sites for hydroxylation is 1. The van der Waals surface area contributed by atoms with Crippen LogP contribution in [-0.4, -0.2) is 0 Å². The SMILES string of the molecule is CC[n+]1ccc(/C=C\c2c(Cl)cccc2Cl)cc1. The summed E-state index contributed by atoms with van der Waals surface area (Å²) in [5, 5.41) is 1.33. The van der Waals surface area contributed by atoms with Crippen LogP contribution in [0.4, 0.5) is 0 Å². The second kappa shape index (κ2) is 6.03. The Hall–Kier alpha value is -1.31. The van der Waals surface area contributed by atoms with Gasteiger partial charge in [-0.2, -0.15) is 0 Å². The van der Waals surface area contributed by atoms with Crippen molar-refractivity contribution >= 4 is 35.4 Å². The van der Waals surface area contributed by atoms with Gasteiger partial charge in [0.25, 0.3) is 0 Å². The first-order chi connectivity index (χ1) is 8.70. The van der Waals surface area contributed by atoms with E-state index in [-0.39, 0.29) is 0 Å². The van der Waals surface area contributed by atoms with Crippen molar-refractivity contribution in [3.63, 3.8) is 0 Å². The first-order valence-corrected chi connectivity index (χ1v) is 6.57. The third-order valence-electron chi connectivity index (χ3n) is 2.72. The lowest BCUT2D eigenvalue weighted by Gasteiger charge is -2.00. The number of nitrogens with zero attached hydrogens (tertiary/aromatic N) is 1. The lowest BCUT2D eigenvalue weighted by Crippen LogP contribution is -2.30. The summed E-state index contributed by atoms with van der Waals surface area (Å²) in [6, 6.07) is 9.64. The highest BCUT2D eigenvalue weighted by molar-refractivity contribution is 6.37. The summed E-state index contributed by atoms with van der Waals surface area (Å²) in [4.78, 5) is 0. The summed E-state index contributed by atoms with van der Waals surface area (Å²) in [5.41, 5.74) is 1.98. The molecular formula is C15H14Cl2N+. The van der Waals surface area contributed by atoms with Crippen LogP contribution in [0.3, 0.4) is 0 Å². The van der Waals surface area contributed by atoms with E-state index in [4.69, 9.17) is 23.2 Å². The topological polar surface area (TPSA) is 3.88 Å². The van der Waals surface area contributed by atoms with Gasteiger partial charge in [0.1, 0.15) is 6.54 Å². The zero-order chi connectivity index (χ0) is 13.0. The van der Waals surface area contributed by atoms with Crippen molar-refractivity contribution in [3.8, 4) is 0 Å². The van der Waals surface area contributed by atoms with Crippen molar-refractivity contribution in [2.24, 2.45) is 0 Å². The zero-order valence-electron chi connectivity index (χ0n) is 10.1. The van der Waals surface area contributed by atoms with Crippen LogP contribution < -0.4 is 4.57 Å². The molecule has 0 radical (unpaired) electrons. The Labute approximate surface area is 117 Å². The Morgan fingerprint density at radius 1 is 1.00 bits per heavy atom. The third-order valence-corrected chi connectivity index (χ3v) is 3.38. The number of halogens is 2. The predicted molar refractivity (Wildman–Crippen MR) is 77.7 cm³/mol. The van der Waals surface area contributed by atoms with Gasteiger partial charge in [0.2, 0.25) is 0 Å². The monoisotopic (exact) mass is 278 g/mol. The number of hydrogen-bond donors (Lipinski definition) is 0. The van der Waals surface area contributed by atoms with Gasteiger partial charge in [-0.25, -0.2) is 4.57 Å². The normalized spacial score (nSPS) is 11.1. The molecule has 0 aliphatic carbocycles. The fourth-order valence-corrected chi connectivity index (χ4v) is 2.16. The fourth-order valence-electron chi connectivity index (χ4n) is 1.64. The zero-order valence-corrected chi connectivity index (χ0v) is 11.6. The summed E-state index contributed by atoms with van der Waals surface area (Å²) in [5.74, 6) is 0. The van der Waals surface area contributed by atoms with Crippen molar-refractivity contribution in [1.29, 1.82) is 0 Å². The highest BCUT2D eigenvalue weighted by Gasteiger charge is 2.01. The summed E-state index contributed by atoms with van der Waals surface area (Å²) in [6.07, 6.45) is 8.05. The van der Waals surface area contributed by atoms with Gasteiger partial charge in [0, 0.05) is 27.7 Å². The number of hydrogen-bond acceptors (Lipinski definition) is 0. The van der Waals surface area contributed by atoms with Gasteiger partial charge >= 0.3 is 0 Å². The molecule has 1 aromatic carbocycles. The molecular weight excluding hydrogens is 265 g/mol. The molecule has 1 aromatic heterocycles. The lowest BCUT2D eigenvalue weighted by molar-refractivity contribution is -0.693. The van der Waals surface area contributed by atoms with E-state index in [1.807, 2.05) is 42.7 Å². The first-order valence-electron chi connectivity index (χ1n) is 5.82. The maximum atomic E-state index is 6.10. The average molecular weight is 279 g/mol. The van der Waals surface area contributed by atoms with E-state index < -0.39 is 0 Å². The molecule has 0 saturated carbocycles. The second-order valence-electron chi connectivity index (χ2n) is 3.93. The molecule has 0 saturated heterocycles. The van der Waals surface area contributed by atoms with E-state index in [1.165, 1.54) is 0 Å². The molecule has 0 spiro atoms. The van der Waals surface area contributed by atoms with Crippen LogP contribution in [0.2, 0.25) is 10.0 Å².